The first-order valence-corrected chi connectivity index (χ1v) is 5.34. The fourth-order valence-corrected chi connectivity index (χ4v) is 1.40. The minimum Gasteiger partial charge on any atom is -0.463 e. The molecule has 0 aromatic carbocycles. The van der Waals surface area contributed by atoms with Crippen molar-refractivity contribution in [1.29, 1.82) is 0 Å². The fraction of sp³-hybridized carbons (Fsp3) is 0.364. The van der Waals surface area contributed by atoms with E-state index < -0.39 is 12.1 Å². The van der Waals surface area contributed by atoms with Gasteiger partial charge in [-0.25, -0.2) is 14.3 Å². The van der Waals surface area contributed by atoms with E-state index in [2.05, 4.69) is 10.1 Å². The minimum absolute atomic E-state index is 0.330. The molecule has 0 saturated carbocycles. The maximum absolute atomic E-state index is 11.4. The van der Waals surface area contributed by atoms with Crippen molar-refractivity contribution in [1.82, 2.24) is 14.6 Å². The topological polar surface area (TPSA) is 65.7 Å². The Morgan fingerprint density at radius 3 is 3.12 bits per heavy atom. The van der Waals surface area contributed by atoms with Crippen molar-refractivity contribution in [3.05, 3.63) is 24.7 Å². The quantitative estimate of drug-likeness (QED) is 0.741. The summed E-state index contributed by atoms with van der Waals surface area (Å²) in [6.07, 6.45) is 4.21. The van der Waals surface area contributed by atoms with Gasteiger partial charge in [-0.2, -0.15) is 5.10 Å². The normalized spacial score (nSPS) is 12.4. The molecule has 0 fully saturated rings. The zero-order valence-corrected chi connectivity index (χ0v) is 9.66. The lowest BCUT2D eigenvalue weighted by atomic mass is 10.4. The molecule has 0 aliphatic carbocycles. The van der Waals surface area contributed by atoms with Crippen LogP contribution in [0, 0.1) is 0 Å². The summed E-state index contributed by atoms with van der Waals surface area (Å²) in [5.41, 5.74) is 0.712. The highest BCUT2D eigenvalue weighted by molar-refractivity contribution is 5.75. The summed E-state index contributed by atoms with van der Waals surface area (Å²) in [6, 6.07) is 1.76. The van der Waals surface area contributed by atoms with Crippen molar-refractivity contribution >= 4 is 11.5 Å². The Bertz CT molecular complexity index is 523. The summed E-state index contributed by atoms with van der Waals surface area (Å²) < 4.78 is 11.9. The number of rotatable bonds is 4. The predicted molar refractivity (Wildman–Crippen MR) is 59.7 cm³/mol. The summed E-state index contributed by atoms with van der Waals surface area (Å²) in [4.78, 5) is 15.5. The number of aromatic nitrogens is 3. The van der Waals surface area contributed by atoms with Crippen molar-refractivity contribution in [3.63, 3.8) is 0 Å². The fourth-order valence-electron chi connectivity index (χ4n) is 1.40. The molecule has 1 unspecified atom stereocenters. The van der Waals surface area contributed by atoms with Gasteiger partial charge in [-0.05, 0) is 19.9 Å². The molecule has 90 valence electrons. The van der Waals surface area contributed by atoms with Gasteiger partial charge in [-0.1, -0.05) is 0 Å². The average Bonchev–Trinajstić information content (AvgIpc) is 2.78. The van der Waals surface area contributed by atoms with E-state index in [0.717, 1.165) is 0 Å². The third kappa shape index (κ3) is 2.35. The summed E-state index contributed by atoms with van der Waals surface area (Å²) in [7, 11) is 0. The second kappa shape index (κ2) is 4.82. The van der Waals surface area contributed by atoms with Crippen LogP contribution in [0.25, 0.3) is 5.52 Å². The molecule has 0 aliphatic rings. The van der Waals surface area contributed by atoms with E-state index in [1.807, 2.05) is 0 Å². The lowest BCUT2D eigenvalue weighted by molar-refractivity contribution is -0.150. The van der Waals surface area contributed by atoms with E-state index in [4.69, 9.17) is 9.47 Å². The first-order chi connectivity index (χ1) is 8.22. The molecule has 2 rings (SSSR count). The highest BCUT2D eigenvalue weighted by Gasteiger charge is 2.17. The molecule has 0 amide bonds. The van der Waals surface area contributed by atoms with E-state index in [0.29, 0.717) is 18.0 Å². The first kappa shape index (κ1) is 11.4. The van der Waals surface area contributed by atoms with Gasteiger partial charge < -0.3 is 9.47 Å². The van der Waals surface area contributed by atoms with Crippen LogP contribution >= 0.6 is 0 Å². The van der Waals surface area contributed by atoms with Gasteiger partial charge in [0, 0.05) is 12.4 Å². The lowest BCUT2D eigenvalue weighted by Crippen LogP contribution is -2.26. The summed E-state index contributed by atoms with van der Waals surface area (Å²) in [6.45, 7) is 3.71. The van der Waals surface area contributed by atoms with E-state index in [1.54, 1.807) is 43.0 Å². The summed E-state index contributed by atoms with van der Waals surface area (Å²) >= 11 is 0. The number of fused-ring (bicyclic) bond motifs is 1. The molecule has 2 heterocycles. The Balaban J connectivity index is 2.18. The zero-order valence-electron chi connectivity index (χ0n) is 9.66. The van der Waals surface area contributed by atoms with Crippen LogP contribution in [0.5, 0.6) is 5.88 Å². The zero-order chi connectivity index (χ0) is 12.3. The Morgan fingerprint density at radius 2 is 2.35 bits per heavy atom. The van der Waals surface area contributed by atoms with Gasteiger partial charge in [0.15, 0.2) is 6.10 Å². The van der Waals surface area contributed by atoms with Crippen molar-refractivity contribution in [3.8, 4) is 5.88 Å². The summed E-state index contributed by atoms with van der Waals surface area (Å²) in [5, 5.41) is 4.05. The molecule has 6 nitrogen and oxygen atoms in total. The molecule has 0 aliphatic heterocycles. The van der Waals surface area contributed by atoms with Crippen LogP contribution in [0.1, 0.15) is 13.8 Å². The number of carbonyl (C=O) groups excluding carboxylic acids is 1. The maximum Gasteiger partial charge on any atom is 0.347 e. The highest BCUT2D eigenvalue weighted by atomic mass is 16.6. The molecule has 17 heavy (non-hydrogen) atoms. The van der Waals surface area contributed by atoms with Crippen LogP contribution in [-0.2, 0) is 9.53 Å². The molecular formula is C11H13N3O3. The van der Waals surface area contributed by atoms with Gasteiger partial charge in [0.1, 0.15) is 5.52 Å². The summed E-state index contributed by atoms with van der Waals surface area (Å²) in [5.74, 6) is -0.0404. The number of hydrogen-bond acceptors (Lipinski definition) is 5. The Hall–Kier alpha value is -2.11. The average molecular weight is 235 g/mol. The Labute approximate surface area is 98.2 Å². The van der Waals surface area contributed by atoms with Crippen molar-refractivity contribution < 1.29 is 14.3 Å². The van der Waals surface area contributed by atoms with Crippen LogP contribution in [0.2, 0.25) is 0 Å². The molecule has 0 spiro atoms. The standard InChI is InChI=1S/C11H13N3O3/c1-3-16-11(15)8(2)17-10-9-4-5-13-14(9)7-6-12-10/h4-8H,3H2,1-2H3. The number of nitrogens with zero attached hydrogens (tertiary/aromatic N) is 3. The predicted octanol–water partition coefficient (Wildman–Crippen LogP) is 1.06. The second-order valence-electron chi connectivity index (χ2n) is 3.41. The number of ether oxygens (including phenoxy) is 2. The van der Waals surface area contributed by atoms with Gasteiger partial charge in [-0.15, -0.1) is 0 Å². The van der Waals surface area contributed by atoms with Crippen LogP contribution in [0.4, 0.5) is 0 Å². The lowest BCUT2D eigenvalue weighted by Gasteiger charge is -2.12. The molecular weight excluding hydrogens is 222 g/mol. The van der Waals surface area contributed by atoms with Crippen molar-refractivity contribution in [2.24, 2.45) is 0 Å². The molecule has 2 aromatic rings. The van der Waals surface area contributed by atoms with E-state index >= 15 is 0 Å². The molecule has 0 saturated heterocycles. The van der Waals surface area contributed by atoms with Crippen molar-refractivity contribution in [2.45, 2.75) is 20.0 Å². The molecule has 0 radical (unpaired) electrons. The van der Waals surface area contributed by atoms with Gasteiger partial charge in [0.25, 0.3) is 0 Å². The van der Waals surface area contributed by atoms with E-state index in [1.165, 1.54) is 0 Å². The van der Waals surface area contributed by atoms with Gasteiger partial charge >= 0.3 is 5.97 Å². The van der Waals surface area contributed by atoms with Crippen LogP contribution < -0.4 is 4.74 Å². The van der Waals surface area contributed by atoms with Crippen LogP contribution in [0.3, 0.4) is 0 Å². The molecule has 0 N–H and O–H groups in total. The molecule has 6 heteroatoms. The maximum atomic E-state index is 11.4. The van der Waals surface area contributed by atoms with E-state index in [-0.39, 0.29) is 0 Å². The van der Waals surface area contributed by atoms with Gasteiger partial charge in [0.05, 0.1) is 12.8 Å². The van der Waals surface area contributed by atoms with E-state index in [9.17, 15) is 4.79 Å². The van der Waals surface area contributed by atoms with Gasteiger partial charge in [0.2, 0.25) is 5.88 Å². The van der Waals surface area contributed by atoms with Crippen LogP contribution in [-0.4, -0.2) is 33.3 Å². The monoisotopic (exact) mass is 235 g/mol. The van der Waals surface area contributed by atoms with Gasteiger partial charge in [-0.3, -0.25) is 0 Å². The Kier molecular flexibility index (Phi) is 3.22. The number of hydrogen-bond donors (Lipinski definition) is 0. The Morgan fingerprint density at radius 1 is 1.53 bits per heavy atom. The molecule has 0 bridgehead atoms. The minimum atomic E-state index is -0.691. The van der Waals surface area contributed by atoms with Crippen molar-refractivity contribution in [2.75, 3.05) is 6.61 Å². The number of carbonyl (C=O) groups is 1. The van der Waals surface area contributed by atoms with Crippen LogP contribution in [0.15, 0.2) is 24.7 Å². The molecule has 1 atom stereocenters. The second-order valence-corrected chi connectivity index (χ2v) is 3.41. The molecule has 2 aromatic heterocycles. The SMILES string of the molecule is CCOC(=O)C(C)Oc1nccn2nccc12. The number of esters is 1. The first-order valence-electron chi connectivity index (χ1n) is 5.34. The third-order valence-electron chi connectivity index (χ3n) is 2.20. The third-order valence-corrected chi connectivity index (χ3v) is 2.20. The smallest absolute Gasteiger partial charge is 0.347 e. The largest absolute Gasteiger partial charge is 0.463 e. The highest BCUT2D eigenvalue weighted by Crippen LogP contribution is 2.16.